The van der Waals surface area contributed by atoms with Crippen LogP contribution in [0.2, 0.25) is 0 Å². The zero-order valence-electron chi connectivity index (χ0n) is 25.1. The molecule has 3 aromatic heterocycles. The van der Waals surface area contributed by atoms with Gasteiger partial charge in [0.25, 0.3) is 0 Å². The molecule has 0 atom stereocenters. The lowest BCUT2D eigenvalue weighted by atomic mass is 9.85. The first-order valence-electron chi connectivity index (χ1n) is 15.9. The molecule has 3 nitrogen and oxygen atoms in total. The lowest BCUT2D eigenvalue weighted by molar-refractivity contribution is 0.663. The maximum absolute atomic E-state index is 6.77. The number of fused-ring (bicyclic) bond motifs is 12. The van der Waals surface area contributed by atoms with Gasteiger partial charge in [0.1, 0.15) is 33.5 Å². The third kappa shape index (κ3) is 3.30. The van der Waals surface area contributed by atoms with Crippen LogP contribution in [0.15, 0.2) is 159 Å². The summed E-state index contributed by atoms with van der Waals surface area (Å²) in [5, 5.41) is 11.1. The molecule has 0 aliphatic rings. The van der Waals surface area contributed by atoms with Crippen LogP contribution in [0, 0.1) is 0 Å². The van der Waals surface area contributed by atoms with E-state index in [2.05, 4.69) is 109 Å². The topological polar surface area (TPSA) is 39.4 Å². The Morgan fingerprint density at radius 1 is 0.277 bits per heavy atom. The largest absolute Gasteiger partial charge is 0.455 e. The third-order valence-electron chi connectivity index (χ3n) is 9.86. The fraction of sp³-hybridized carbons (Fsp3) is 0. The molecule has 0 aliphatic carbocycles. The highest BCUT2D eigenvalue weighted by Crippen LogP contribution is 2.50. The Bertz CT molecular complexity index is 3020. The monoisotopic (exact) mass is 600 g/mol. The second-order valence-electron chi connectivity index (χ2n) is 12.3. The second kappa shape index (κ2) is 9.12. The molecule has 3 heterocycles. The highest BCUT2D eigenvalue weighted by molar-refractivity contribution is 6.30. The Morgan fingerprint density at radius 3 is 1.32 bits per heavy atom. The van der Waals surface area contributed by atoms with Crippen LogP contribution in [0.4, 0.5) is 0 Å². The van der Waals surface area contributed by atoms with Crippen molar-refractivity contribution in [3.05, 3.63) is 146 Å². The van der Waals surface area contributed by atoms with Crippen LogP contribution in [0.1, 0.15) is 0 Å². The summed E-state index contributed by atoms with van der Waals surface area (Å²) in [6, 6.07) is 51.1. The first-order valence-corrected chi connectivity index (χ1v) is 15.9. The third-order valence-corrected chi connectivity index (χ3v) is 9.86. The maximum atomic E-state index is 6.77. The van der Waals surface area contributed by atoms with E-state index in [0.29, 0.717) is 0 Å². The maximum Gasteiger partial charge on any atom is 0.147 e. The highest BCUT2D eigenvalue weighted by Gasteiger charge is 2.25. The minimum atomic E-state index is 0.834. The normalized spacial score (nSPS) is 12.3. The fourth-order valence-corrected chi connectivity index (χ4v) is 7.90. The standard InChI is InChI=1S/C44H24O3/c1-3-16-29-27(14-1)39(33-20-11-19-31-25-12-5-8-21-36(25)45-42(31)33)28-15-2-4-17-30(28)40(29)35-24-34-26-13-6-9-22-37(26)46-43(34)41-32-18-7-10-23-38(32)47-44(35)41/h1-24H. The summed E-state index contributed by atoms with van der Waals surface area (Å²) in [6.45, 7) is 0. The summed E-state index contributed by atoms with van der Waals surface area (Å²) >= 11 is 0. The van der Waals surface area contributed by atoms with Gasteiger partial charge >= 0.3 is 0 Å². The van der Waals surface area contributed by atoms with E-state index in [1.54, 1.807) is 0 Å². The van der Waals surface area contributed by atoms with Crippen LogP contribution in [0.25, 0.3) is 110 Å². The Morgan fingerprint density at radius 2 is 0.702 bits per heavy atom. The molecule has 0 N–H and O–H groups in total. The predicted molar refractivity (Wildman–Crippen MR) is 194 cm³/mol. The van der Waals surface area contributed by atoms with Gasteiger partial charge in [-0.3, -0.25) is 0 Å². The predicted octanol–water partition coefficient (Wildman–Crippen LogP) is 13.0. The summed E-state index contributed by atoms with van der Waals surface area (Å²) in [5.41, 5.74) is 9.66. The molecular weight excluding hydrogens is 576 g/mol. The molecular formula is C44H24O3. The van der Waals surface area contributed by atoms with Crippen molar-refractivity contribution < 1.29 is 13.3 Å². The number of benzene rings is 8. The van der Waals surface area contributed by atoms with Gasteiger partial charge in [-0.25, -0.2) is 0 Å². The highest BCUT2D eigenvalue weighted by atomic mass is 16.3. The van der Waals surface area contributed by atoms with E-state index in [1.165, 1.54) is 5.56 Å². The van der Waals surface area contributed by atoms with Crippen LogP contribution in [0.3, 0.4) is 0 Å². The van der Waals surface area contributed by atoms with Gasteiger partial charge in [0, 0.05) is 49.2 Å². The smallest absolute Gasteiger partial charge is 0.147 e. The van der Waals surface area contributed by atoms with Gasteiger partial charge in [0.2, 0.25) is 0 Å². The van der Waals surface area contributed by atoms with Gasteiger partial charge in [-0.2, -0.15) is 0 Å². The van der Waals surface area contributed by atoms with Gasteiger partial charge in [0.05, 0.1) is 5.39 Å². The molecule has 0 amide bonds. The van der Waals surface area contributed by atoms with Gasteiger partial charge < -0.3 is 13.3 Å². The van der Waals surface area contributed by atoms with Crippen molar-refractivity contribution >= 4 is 87.4 Å². The lowest BCUT2D eigenvalue weighted by Crippen LogP contribution is -1.91. The Labute approximate surface area is 267 Å². The van der Waals surface area contributed by atoms with Crippen LogP contribution >= 0.6 is 0 Å². The van der Waals surface area contributed by atoms with Crippen molar-refractivity contribution in [2.75, 3.05) is 0 Å². The number of rotatable bonds is 2. The molecule has 8 aromatic carbocycles. The first kappa shape index (κ1) is 24.9. The van der Waals surface area contributed by atoms with Crippen molar-refractivity contribution in [3.8, 4) is 22.3 Å². The summed E-state index contributed by atoms with van der Waals surface area (Å²) in [6.07, 6.45) is 0. The van der Waals surface area contributed by atoms with Crippen LogP contribution in [-0.4, -0.2) is 0 Å². The summed E-state index contributed by atoms with van der Waals surface area (Å²) in [4.78, 5) is 0. The van der Waals surface area contributed by atoms with E-state index in [0.717, 1.165) is 104 Å². The first-order chi connectivity index (χ1) is 23.3. The summed E-state index contributed by atoms with van der Waals surface area (Å²) in [7, 11) is 0. The number of hydrogen-bond donors (Lipinski definition) is 0. The number of para-hydroxylation sites is 4. The van der Waals surface area contributed by atoms with Gasteiger partial charge in [0.15, 0.2) is 0 Å². The molecule has 0 saturated carbocycles. The van der Waals surface area contributed by atoms with E-state index in [9.17, 15) is 0 Å². The van der Waals surface area contributed by atoms with E-state index >= 15 is 0 Å². The van der Waals surface area contributed by atoms with Crippen LogP contribution in [0.5, 0.6) is 0 Å². The summed E-state index contributed by atoms with van der Waals surface area (Å²) in [5.74, 6) is 0. The van der Waals surface area contributed by atoms with Crippen LogP contribution in [-0.2, 0) is 0 Å². The van der Waals surface area contributed by atoms with Gasteiger partial charge in [-0.15, -0.1) is 0 Å². The fourth-order valence-electron chi connectivity index (χ4n) is 7.90. The number of furan rings is 3. The molecule has 0 saturated heterocycles. The molecule has 0 fully saturated rings. The molecule has 3 heteroatoms. The Hall–Kier alpha value is -6.32. The Kier molecular flexibility index (Phi) is 4.84. The van der Waals surface area contributed by atoms with Crippen molar-refractivity contribution in [2.45, 2.75) is 0 Å². The quantitative estimate of drug-likeness (QED) is 0.185. The van der Waals surface area contributed by atoms with E-state index in [-0.39, 0.29) is 0 Å². The van der Waals surface area contributed by atoms with Crippen molar-refractivity contribution in [1.29, 1.82) is 0 Å². The minimum Gasteiger partial charge on any atom is -0.455 e. The minimum absolute atomic E-state index is 0.834. The lowest BCUT2D eigenvalue weighted by Gasteiger charge is -2.18. The molecule has 0 bridgehead atoms. The molecule has 0 spiro atoms. The molecule has 0 radical (unpaired) electrons. The molecule has 0 unspecified atom stereocenters. The van der Waals surface area contributed by atoms with E-state index in [4.69, 9.17) is 13.3 Å². The zero-order valence-corrected chi connectivity index (χ0v) is 25.1. The molecule has 0 aliphatic heterocycles. The van der Waals surface area contributed by atoms with Crippen molar-refractivity contribution in [1.82, 2.24) is 0 Å². The molecule has 11 rings (SSSR count). The van der Waals surface area contributed by atoms with Crippen LogP contribution < -0.4 is 0 Å². The molecule has 11 aromatic rings. The van der Waals surface area contributed by atoms with Gasteiger partial charge in [-0.1, -0.05) is 121 Å². The average molecular weight is 601 g/mol. The second-order valence-corrected chi connectivity index (χ2v) is 12.3. The molecule has 47 heavy (non-hydrogen) atoms. The van der Waals surface area contributed by atoms with E-state index in [1.807, 2.05) is 36.4 Å². The van der Waals surface area contributed by atoms with Crippen molar-refractivity contribution in [2.24, 2.45) is 0 Å². The van der Waals surface area contributed by atoms with Crippen molar-refractivity contribution in [3.63, 3.8) is 0 Å². The van der Waals surface area contributed by atoms with E-state index < -0.39 is 0 Å². The zero-order chi connectivity index (χ0) is 30.6. The average Bonchev–Trinajstić information content (AvgIpc) is 3.82. The number of hydrogen-bond acceptors (Lipinski definition) is 3. The molecule has 218 valence electrons. The summed E-state index contributed by atoms with van der Waals surface area (Å²) < 4.78 is 19.9. The van der Waals surface area contributed by atoms with Gasteiger partial charge in [-0.05, 0) is 45.8 Å². The Balaban J connectivity index is 1.34. The SMILES string of the molecule is c1ccc2c(c1)oc1c(-c3c4ccccc4c(-c4cc5c6ccccc6oc5c5c4oc4ccccc45)c4ccccc34)cccc12.